The molecule has 0 N–H and O–H groups in total. The van der Waals surface area contributed by atoms with Crippen molar-refractivity contribution in [2.24, 2.45) is 0 Å². The van der Waals surface area contributed by atoms with Gasteiger partial charge in [-0.15, -0.1) is 0 Å². The molecule has 0 saturated carbocycles. The quantitative estimate of drug-likeness (QED) is 0.339. The summed E-state index contributed by atoms with van der Waals surface area (Å²) in [4.78, 5) is 52.2. The number of nitrogens with zero attached hydrogens (tertiary/aromatic N) is 1. The topological polar surface area (TPSA) is 80.8 Å². The summed E-state index contributed by atoms with van der Waals surface area (Å²) in [5, 5.41) is 0. The molecule has 1 aliphatic heterocycles. The number of hydrogen-bond acceptors (Lipinski definition) is 5. The van der Waals surface area contributed by atoms with Gasteiger partial charge in [0.2, 0.25) is 5.78 Å². The summed E-state index contributed by atoms with van der Waals surface area (Å²) in [6.45, 7) is 5.21. The molecule has 3 aromatic carbocycles. The summed E-state index contributed by atoms with van der Waals surface area (Å²) < 4.78 is 5.32. The van der Waals surface area contributed by atoms with Crippen molar-refractivity contribution < 1.29 is 23.9 Å². The molecule has 4 rings (SSSR count). The van der Waals surface area contributed by atoms with Crippen molar-refractivity contribution in [3.8, 4) is 0 Å². The van der Waals surface area contributed by atoms with Gasteiger partial charge in [0.25, 0.3) is 11.8 Å². The number of fused-ring (bicyclic) bond motifs is 1. The number of amides is 2. The second-order valence-corrected chi connectivity index (χ2v) is 7.77. The number of Topliss-reactive ketones (excluding diaryl/α,β-unsaturated/α-hetero) is 1. The van der Waals surface area contributed by atoms with Gasteiger partial charge >= 0.3 is 5.97 Å². The SMILES string of the molecule is Cc1ccc(C)c(N2C(=O)c3ccc(C(=O)O[C@H](C)C(=O)c4ccccc4)cc3C2=O)c1. The largest absolute Gasteiger partial charge is 0.451 e. The van der Waals surface area contributed by atoms with Gasteiger partial charge in [0.15, 0.2) is 6.10 Å². The molecule has 0 saturated heterocycles. The summed E-state index contributed by atoms with van der Waals surface area (Å²) in [5.41, 5.74) is 3.12. The van der Waals surface area contributed by atoms with Crippen LogP contribution in [-0.2, 0) is 4.74 Å². The molecule has 0 bridgehead atoms. The number of imide groups is 1. The molecule has 3 aromatic rings. The second-order valence-electron chi connectivity index (χ2n) is 7.77. The molecule has 0 aromatic heterocycles. The maximum atomic E-state index is 13.1. The number of rotatable bonds is 5. The third kappa shape index (κ3) is 3.71. The molecule has 0 fully saturated rings. The molecule has 6 heteroatoms. The Hall–Kier alpha value is -4.06. The van der Waals surface area contributed by atoms with Crippen molar-refractivity contribution >= 4 is 29.3 Å². The van der Waals surface area contributed by atoms with Gasteiger partial charge in [-0.3, -0.25) is 14.4 Å². The maximum Gasteiger partial charge on any atom is 0.338 e. The van der Waals surface area contributed by atoms with Crippen molar-refractivity contribution in [3.63, 3.8) is 0 Å². The Labute approximate surface area is 185 Å². The van der Waals surface area contributed by atoms with E-state index in [0.717, 1.165) is 16.0 Å². The highest BCUT2D eigenvalue weighted by Gasteiger charge is 2.38. The van der Waals surface area contributed by atoms with Gasteiger partial charge in [-0.1, -0.05) is 42.5 Å². The lowest BCUT2D eigenvalue weighted by molar-refractivity contribution is 0.0318. The molecule has 6 nitrogen and oxygen atoms in total. The van der Waals surface area contributed by atoms with Gasteiger partial charge in [-0.25, -0.2) is 9.69 Å². The molecule has 1 atom stereocenters. The van der Waals surface area contributed by atoms with Crippen molar-refractivity contribution in [2.75, 3.05) is 4.90 Å². The monoisotopic (exact) mass is 427 g/mol. The third-order valence-corrected chi connectivity index (χ3v) is 5.44. The molecule has 2 amide bonds. The van der Waals surface area contributed by atoms with Gasteiger partial charge in [-0.05, 0) is 56.2 Å². The number of aryl methyl sites for hydroxylation is 2. The summed E-state index contributed by atoms with van der Waals surface area (Å²) in [5.74, 6) is -2.00. The highest BCUT2D eigenvalue weighted by molar-refractivity contribution is 6.35. The number of anilines is 1. The number of benzene rings is 3. The normalized spacial score (nSPS) is 13.7. The zero-order chi connectivity index (χ0) is 23.0. The third-order valence-electron chi connectivity index (χ3n) is 5.44. The van der Waals surface area contributed by atoms with Gasteiger partial charge in [0.1, 0.15) is 0 Å². The highest BCUT2D eigenvalue weighted by atomic mass is 16.5. The van der Waals surface area contributed by atoms with Crippen LogP contribution in [0.4, 0.5) is 5.69 Å². The van der Waals surface area contributed by atoms with E-state index in [0.29, 0.717) is 11.3 Å². The first kappa shape index (κ1) is 21.2. The number of ketones is 1. The summed E-state index contributed by atoms with van der Waals surface area (Å²) in [7, 11) is 0. The van der Waals surface area contributed by atoms with Gasteiger partial charge in [-0.2, -0.15) is 0 Å². The first-order valence-electron chi connectivity index (χ1n) is 10.2. The highest BCUT2D eigenvalue weighted by Crippen LogP contribution is 2.32. The van der Waals surface area contributed by atoms with E-state index in [1.165, 1.54) is 25.1 Å². The average molecular weight is 427 g/mol. The Balaban J connectivity index is 1.58. The lowest BCUT2D eigenvalue weighted by atomic mass is 10.1. The first-order chi connectivity index (χ1) is 15.3. The van der Waals surface area contributed by atoms with Gasteiger partial charge in [0.05, 0.1) is 22.4 Å². The number of ether oxygens (including phenoxy) is 1. The van der Waals surface area contributed by atoms with Crippen LogP contribution >= 0.6 is 0 Å². The minimum Gasteiger partial charge on any atom is -0.451 e. The Bertz CT molecular complexity index is 1260. The lowest BCUT2D eigenvalue weighted by Crippen LogP contribution is -2.30. The van der Waals surface area contributed by atoms with Crippen LogP contribution in [-0.4, -0.2) is 29.7 Å². The first-order valence-corrected chi connectivity index (χ1v) is 10.2. The zero-order valence-corrected chi connectivity index (χ0v) is 17.9. The summed E-state index contributed by atoms with van der Waals surface area (Å²) >= 11 is 0. The number of carbonyl (C=O) groups is 4. The molecular formula is C26H21NO5. The van der Waals surface area contributed by atoms with E-state index in [1.807, 2.05) is 26.0 Å². The molecule has 0 aliphatic carbocycles. The Kier molecular flexibility index (Phi) is 5.45. The van der Waals surface area contributed by atoms with E-state index in [1.54, 1.807) is 36.4 Å². The van der Waals surface area contributed by atoms with Crippen LogP contribution in [0.1, 0.15) is 59.5 Å². The fourth-order valence-corrected chi connectivity index (χ4v) is 3.67. The Morgan fingerprint density at radius 2 is 1.50 bits per heavy atom. The smallest absolute Gasteiger partial charge is 0.338 e. The zero-order valence-electron chi connectivity index (χ0n) is 17.9. The van der Waals surface area contributed by atoms with Crippen LogP contribution in [0, 0.1) is 13.8 Å². The Morgan fingerprint density at radius 1 is 0.812 bits per heavy atom. The van der Waals surface area contributed by atoms with Crippen molar-refractivity contribution in [3.05, 3.63) is 100 Å². The Morgan fingerprint density at radius 3 is 2.22 bits per heavy atom. The van der Waals surface area contributed by atoms with Gasteiger partial charge < -0.3 is 4.74 Å². The molecule has 0 unspecified atom stereocenters. The van der Waals surface area contributed by atoms with Crippen molar-refractivity contribution in [1.82, 2.24) is 0 Å². The van der Waals surface area contributed by atoms with Crippen LogP contribution in [0.2, 0.25) is 0 Å². The maximum absolute atomic E-state index is 13.1. The molecule has 0 spiro atoms. The molecule has 32 heavy (non-hydrogen) atoms. The fraction of sp³-hybridized carbons (Fsp3) is 0.154. The van der Waals surface area contributed by atoms with E-state index in [9.17, 15) is 19.2 Å². The fourth-order valence-electron chi connectivity index (χ4n) is 3.67. The molecule has 1 aliphatic rings. The summed E-state index contributed by atoms with van der Waals surface area (Å²) in [6.07, 6.45) is -0.998. The predicted molar refractivity (Wildman–Crippen MR) is 119 cm³/mol. The van der Waals surface area contributed by atoms with Crippen LogP contribution in [0.5, 0.6) is 0 Å². The van der Waals surface area contributed by atoms with E-state index < -0.39 is 23.9 Å². The average Bonchev–Trinajstić information content (AvgIpc) is 3.04. The lowest BCUT2D eigenvalue weighted by Gasteiger charge is -2.17. The summed E-state index contributed by atoms with van der Waals surface area (Å²) in [6, 6.07) is 18.3. The minimum atomic E-state index is -0.998. The van der Waals surface area contributed by atoms with Crippen LogP contribution in [0.3, 0.4) is 0 Å². The van der Waals surface area contributed by atoms with Crippen LogP contribution in [0.15, 0.2) is 66.7 Å². The number of hydrogen-bond donors (Lipinski definition) is 0. The molecule has 1 heterocycles. The number of esters is 1. The molecular weight excluding hydrogens is 406 g/mol. The predicted octanol–water partition coefficient (Wildman–Crippen LogP) is 4.53. The van der Waals surface area contributed by atoms with Crippen LogP contribution in [0.25, 0.3) is 0 Å². The minimum absolute atomic E-state index is 0.0976. The second kappa shape index (κ2) is 8.23. The van der Waals surface area contributed by atoms with E-state index in [2.05, 4.69) is 0 Å². The van der Waals surface area contributed by atoms with E-state index in [4.69, 9.17) is 4.74 Å². The standard InChI is InChI=1S/C26H21NO5/c1-15-9-10-16(2)22(13-15)27-24(29)20-12-11-19(14-21(20)25(27)30)26(31)32-17(3)23(28)18-7-5-4-6-8-18/h4-14,17H,1-3H3/t17-/m1/s1. The van der Waals surface area contributed by atoms with Crippen LogP contribution < -0.4 is 4.90 Å². The van der Waals surface area contributed by atoms with E-state index in [-0.39, 0.29) is 22.5 Å². The molecule has 0 radical (unpaired) electrons. The van der Waals surface area contributed by atoms with Crippen molar-refractivity contribution in [2.45, 2.75) is 26.9 Å². The van der Waals surface area contributed by atoms with Crippen molar-refractivity contribution in [1.29, 1.82) is 0 Å². The number of carbonyl (C=O) groups excluding carboxylic acids is 4. The van der Waals surface area contributed by atoms with E-state index >= 15 is 0 Å². The molecule has 160 valence electrons. The van der Waals surface area contributed by atoms with Gasteiger partial charge in [0, 0.05) is 5.56 Å².